The highest BCUT2D eigenvalue weighted by atomic mass is 16.5. The van der Waals surface area contributed by atoms with Gasteiger partial charge in [-0.05, 0) is 31.5 Å². The number of benzene rings is 1. The van der Waals surface area contributed by atoms with Crippen molar-refractivity contribution in [2.24, 2.45) is 10.7 Å². The highest BCUT2D eigenvalue weighted by Gasteiger charge is 2.37. The Hall–Kier alpha value is -4.12. The first-order valence-corrected chi connectivity index (χ1v) is 10.1. The van der Waals surface area contributed by atoms with Crippen LogP contribution in [-0.2, 0) is 4.79 Å². The number of aromatic nitrogens is 1. The molecule has 0 fully saturated rings. The summed E-state index contributed by atoms with van der Waals surface area (Å²) < 4.78 is 11.7. The van der Waals surface area contributed by atoms with Crippen molar-refractivity contribution in [3.8, 4) is 17.7 Å². The monoisotopic (exact) mass is 429 g/mol. The van der Waals surface area contributed by atoms with Gasteiger partial charge in [-0.15, -0.1) is 0 Å². The fraction of sp³-hybridized carbons (Fsp3) is 0.250. The first kappa shape index (κ1) is 21.1. The third kappa shape index (κ3) is 3.69. The zero-order valence-corrected chi connectivity index (χ0v) is 18.1. The second-order valence-corrected chi connectivity index (χ2v) is 7.64. The first-order valence-electron chi connectivity index (χ1n) is 10.1. The van der Waals surface area contributed by atoms with Crippen molar-refractivity contribution in [2.45, 2.75) is 26.2 Å². The van der Waals surface area contributed by atoms with Crippen molar-refractivity contribution in [3.05, 3.63) is 70.2 Å². The van der Waals surface area contributed by atoms with E-state index in [0.717, 1.165) is 23.4 Å². The van der Waals surface area contributed by atoms with Crippen molar-refractivity contribution in [2.75, 3.05) is 19.0 Å². The number of pyridine rings is 1. The molecule has 162 valence electrons. The molecular formula is C24H23N5O3. The fourth-order valence-electron chi connectivity index (χ4n) is 4.08. The van der Waals surface area contributed by atoms with Crippen LogP contribution in [0.5, 0.6) is 11.6 Å². The molecule has 0 saturated heterocycles. The van der Waals surface area contributed by atoms with Crippen LogP contribution in [0.3, 0.4) is 0 Å². The van der Waals surface area contributed by atoms with Crippen LogP contribution < -0.4 is 20.5 Å². The van der Waals surface area contributed by atoms with E-state index in [4.69, 9.17) is 15.2 Å². The fourth-order valence-corrected chi connectivity index (χ4v) is 4.08. The summed E-state index contributed by atoms with van der Waals surface area (Å²) in [6, 6.07) is 7.23. The van der Waals surface area contributed by atoms with Crippen molar-refractivity contribution in [3.63, 3.8) is 0 Å². The molecule has 4 rings (SSSR count). The maximum atomic E-state index is 12.6. The van der Waals surface area contributed by atoms with Gasteiger partial charge in [0.2, 0.25) is 11.8 Å². The lowest BCUT2D eigenvalue weighted by Gasteiger charge is -2.32. The van der Waals surface area contributed by atoms with E-state index in [0.29, 0.717) is 39.6 Å². The molecule has 0 spiro atoms. The molecule has 0 saturated carbocycles. The minimum Gasteiger partial charge on any atom is -0.496 e. The summed E-state index contributed by atoms with van der Waals surface area (Å²) in [7, 11) is 1.53. The number of allylic oxidation sites excluding steroid dienone is 2. The molecule has 0 unspecified atom stereocenters. The molecule has 2 aromatic rings. The predicted octanol–water partition coefficient (Wildman–Crippen LogP) is 3.32. The number of primary amides is 1. The number of methoxy groups -OCH3 is 1. The zero-order valence-electron chi connectivity index (χ0n) is 18.1. The van der Waals surface area contributed by atoms with E-state index in [1.54, 1.807) is 30.6 Å². The van der Waals surface area contributed by atoms with Crippen LogP contribution in [0.2, 0.25) is 0 Å². The van der Waals surface area contributed by atoms with E-state index < -0.39 is 11.8 Å². The van der Waals surface area contributed by atoms with E-state index in [2.05, 4.69) is 21.4 Å². The van der Waals surface area contributed by atoms with Gasteiger partial charge in [0.25, 0.3) is 0 Å². The molecule has 8 nitrogen and oxygen atoms in total. The highest BCUT2D eigenvalue weighted by molar-refractivity contribution is 5.98. The van der Waals surface area contributed by atoms with Gasteiger partial charge in [-0.25, -0.2) is 4.98 Å². The molecule has 0 radical (unpaired) electrons. The Kier molecular flexibility index (Phi) is 5.65. The SMILES string of the molecule is COc1cc(C#N)ccc1[C@@H]1C(C(N)=O)=C(C)Nc2c(C)cnc(OCC3=NC=CC3)c21. The third-order valence-electron chi connectivity index (χ3n) is 5.59. The van der Waals surface area contributed by atoms with Gasteiger partial charge in [-0.2, -0.15) is 5.26 Å². The Morgan fingerprint density at radius 2 is 2.19 bits per heavy atom. The molecule has 3 N–H and O–H groups in total. The van der Waals surface area contributed by atoms with Gasteiger partial charge in [0, 0.05) is 35.7 Å². The molecule has 1 aromatic heterocycles. The number of nitrogens with one attached hydrogen (secondary N) is 1. The maximum Gasteiger partial charge on any atom is 0.247 e. The Morgan fingerprint density at radius 1 is 1.38 bits per heavy atom. The van der Waals surface area contributed by atoms with E-state index >= 15 is 0 Å². The van der Waals surface area contributed by atoms with Crippen LogP contribution in [-0.4, -0.2) is 30.3 Å². The number of nitriles is 1. The average molecular weight is 429 g/mol. The van der Waals surface area contributed by atoms with Crippen LogP contribution in [0.15, 0.2) is 52.9 Å². The van der Waals surface area contributed by atoms with Crippen LogP contribution in [0, 0.1) is 18.3 Å². The van der Waals surface area contributed by atoms with Gasteiger partial charge < -0.3 is 20.5 Å². The van der Waals surface area contributed by atoms with Gasteiger partial charge in [-0.3, -0.25) is 9.79 Å². The van der Waals surface area contributed by atoms with Gasteiger partial charge in [0.05, 0.1) is 41.6 Å². The van der Waals surface area contributed by atoms with Crippen molar-refractivity contribution >= 4 is 17.3 Å². The quantitative estimate of drug-likeness (QED) is 0.726. The van der Waals surface area contributed by atoms with E-state index in [1.165, 1.54) is 7.11 Å². The number of nitrogens with two attached hydrogens (primary N) is 1. The second kappa shape index (κ2) is 8.55. The molecule has 1 atom stereocenters. The van der Waals surface area contributed by atoms with Crippen molar-refractivity contribution < 1.29 is 14.3 Å². The lowest BCUT2D eigenvalue weighted by atomic mass is 9.79. The number of rotatable bonds is 6. The van der Waals surface area contributed by atoms with Crippen LogP contribution >= 0.6 is 0 Å². The highest BCUT2D eigenvalue weighted by Crippen LogP contribution is 2.48. The lowest BCUT2D eigenvalue weighted by Crippen LogP contribution is -2.29. The van der Waals surface area contributed by atoms with Crippen LogP contribution in [0.25, 0.3) is 0 Å². The van der Waals surface area contributed by atoms with E-state index in [9.17, 15) is 10.1 Å². The summed E-state index contributed by atoms with van der Waals surface area (Å²) in [5.41, 5.74) is 11.3. The number of aryl methyl sites for hydroxylation is 1. The van der Waals surface area contributed by atoms with Crippen LogP contribution in [0.4, 0.5) is 5.69 Å². The van der Waals surface area contributed by atoms with Crippen molar-refractivity contribution in [1.29, 1.82) is 5.26 Å². The van der Waals surface area contributed by atoms with Gasteiger partial charge in [0.15, 0.2) is 0 Å². The van der Waals surface area contributed by atoms with Gasteiger partial charge in [0.1, 0.15) is 12.4 Å². The standard InChI is InChI=1S/C24H23N5O3/c1-13-11-28-24(32-12-16-5-4-8-27-16)21-20(19(23(26)30)14(2)29-22(13)21)17-7-6-15(10-25)9-18(17)31-3/h4,6-9,11,20,29H,5,12H2,1-3H3,(H2,26,30)/t20-/m1/s1. The predicted molar refractivity (Wildman–Crippen MR) is 121 cm³/mol. The van der Waals surface area contributed by atoms with Gasteiger partial charge >= 0.3 is 0 Å². The second-order valence-electron chi connectivity index (χ2n) is 7.64. The van der Waals surface area contributed by atoms with E-state index in [1.807, 2.05) is 19.9 Å². The number of aliphatic imine (C=N–C) groups is 1. The summed E-state index contributed by atoms with van der Waals surface area (Å²) in [5.74, 6) is -0.285. The smallest absolute Gasteiger partial charge is 0.247 e. The van der Waals surface area contributed by atoms with Gasteiger partial charge in [-0.1, -0.05) is 12.1 Å². The summed E-state index contributed by atoms with van der Waals surface area (Å²) in [4.78, 5) is 21.4. The molecule has 0 bridgehead atoms. The number of hydrogen-bond donors (Lipinski definition) is 2. The van der Waals surface area contributed by atoms with Crippen molar-refractivity contribution in [1.82, 2.24) is 4.98 Å². The zero-order chi connectivity index (χ0) is 22.8. The molecule has 1 aromatic carbocycles. The topological polar surface area (TPSA) is 123 Å². The molecule has 3 heterocycles. The number of carbonyl (C=O) groups excluding carboxylic acids is 1. The summed E-state index contributed by atoms with van der Waals surface area (Å²) >= 11 is 0. The molecule has 8 heteroatoms. The summed E-state index contributed by atoms with van der Waals surface area (Å²) in [6.45, 7) is 4.02. The normalized spacial score (nSPS) is 16.7. The lowest BCUT2D eigenvalue weighted by molar-refractivity contribution is -0.114. The average Bonchev–Trinajstić information content (AvgIpc) is 3.31. The largest absolute Gasteiger partial charge is 0.496 e. The number of amides is 1. The molecule has 0 aliphatic carbocycles. The van der Waals surface area contributed by atoms with Crippen LogP contribution in [0.1, 0.15) is 41.5 Å². The Labute approximate surface area is 186 Å². The minimum absolute atomic E-state index is 0.279. The summed E-state index contributed by atoms with van der Waals surface area (Å²) in [5, 5.41) is 12.6. The number of anilines is 1. The maximum absolute atomic E-state index is 12.6. The Bertz CT molecular complexity index is 1240. The Morgan fingerprint density at radius 3 is 2.84 bits per heavy atom. The molecule has 2 aliphatic heterocycles. The minimum atomic E-state index is -0.586. The Balaban J connectivity index is 1.91. The van der Waals surface area contributed by atoms with E-state index in [-0.39, 0.29) is 6.61 Å². The molecular weight excluding hydrogens is 406 g/mol. The molecule has 32 heavy (non-hydrogen) atoms. The third-order valence-corrected chi connectivity index (χ3v) is 5.59. The number of ether oxygens (including phenoxy) is 2. The molecule has 2 aliphatic rings. The number of fused-ring (bicyclic) bond motifs is 1. The summed E-state index contributed by atoms with van der Waals surface area (Å²) in [6.07, 6.45) is 6.16. The first-order chi connectivity index (χ1) is 15.4. The number of nitrogens with zero attached hydrogens (tertiary/aromatic N) is 3. The number of carbonyl (C=O) groups is 1. The number of hydrogen-bond acceptors (Lipinski definition) is 7. The molecule has 1 amide bonds.